The molecule has 4 nitrogen and oxygen atoms in total. The summed E-state index contributed by atoms with van der Waals surface area (Å²) in [6.07, 6.45) is 0. The van der Waals surface area contributed by atoms with Gasteiger partial charge in [-0.2, -0.15) is 0 Å². The first-order chi connectivity index (χ1) is 7.54. The highest BCUT2D eigenvalue weighted by atomic mass is 35.5. The number of H-pyrrole nitrogens is 1. The summed E-state index contributed by atoms with van der Waals surface area (Å²) < 4.78 is 4.59. The van der Waals surface area contributed by atoms with Crippen LogP contribution >= 0.6 is 23.2 Å². The average Bonchev–Trinajstić information content (AvgIpc) is 2.54. The molecule has 1 heterocycles. The molecular formula is C10H8Cl2N2O2. The van der Waals surface area contributed by atoms with E-state index in [-0.39, 0.29) is 11.4 Å². The van der Waals surface area contributed by atoms with Crippen LogP contribution in [-0.4, -0.2) is 18.1 Å². The molecule has 0 spiro atoms. The standard InChI is InChI=1S/C10H8Cl2N2O2/c1-16-10(15)9-8(13)7-5(12)2-4(11)3-6(7)14-9/h2-3,14H,13H2,1H3. The van der Waals surface area contributed by atoms with Gasteiger partial charge in [0.05, 0.1) is 23.3 Å². The third kappa shape index (κ3) is 1.60. The van der Waals surface area contributed by atoms with Gasteiger partial charge in [0.2, 0.25) is 0 Å². The van der Waals surface area contributed by atoms with Crippen LogP contribution in [0.5, 0.6) is 0 Å². The summed E-state index contributed by atoms with van der Waals surface area (Å²) >= 11 is 11.8. The molecule has 3 N–H and O–H groups in total. The van der Waals surface area contributed by atoms with Crippen molar-refractivity contribution in [3.8, 4) is 0 Å². The van der Waals surface area contributed by atoms with Crippen LogP contribution in [0.15, 0.2) is 12.1 Å². The quantitative estimate of drug-likeness (QED) is 0.773. The number of benzene rings is 1. The first-order valence-electron chi connectivity index (χ1n) is 4.39. The molecule has 0 unspecified atom stereocenters. The molecule has 0 saturated heterocycles. The molecule has 0 saturated carbocycles. The highest BCUT2D eigenvalue weighted by Gasteiger charge is 2.18. The van der Waals surface area contributed by atoms with Gasteiger partial charge in [0.1, 0.15) is 5.69 Å². The fourth-order valence-electron chi connectivity index (χ4n) is 1.54. The van der Waals surface area contributed by atoms with Crippen LogP contribution < -0.4 is 5.73 Å². The van der Waals surface area contributed by atoms with Crippen molar-refractivity contribution in [2.45, 2.75) is 0 Å². The van der Waals surface area contributed by atoms with E-state index >= 15 is 0 Å². The third-order valence-electron chi connectivity index (χ3n) is 2.24. The Bertz CT molecular complexity index is 578. The summed E-state index contributed by atoms with van der Waals surface area (Å²) in [7, 11) is 1.28. The molecule has 84 valence electrons. The van der Waals surface area contributed by atoms with E-state index in [0.29, 0.717) is 20.9 Å². The Morgan fingerprint density at radius 2 is 2.12 bits per heavy atom. The number of carbonyl (C=O) groups excluding carboxylic acids is 1. The number of ether oxygens (including phenoxy) is 1. The number of methoxy groups -OCH3 is 1. The highest BCUT2D eigenvalue weighted by molar-refractivity contribution is 6.39. The zero-order valence-corrected chi connectivity index (χ0v) is 9.82. The lowest BCUT2D eigenvalue weighted by atomic mass is 10.2. The number of aromatic nitrogens is 1. The largest absolute Gasteiger partial charge is 0.464 e. The summed E-state index contributed by atoms with van der Waals surface area (Å²) in [5.41, 5.74) is 6.86. The molecule has 0 radical (unpaired) electrons. The lowest BCUT2D eigenvalue weighted by Gasteiger charge is -1.97. The normalized spacial score (nSPS) is 10.7. The Balaban J connectivity index is 2.78. The van der Waals surface area contributed by atoms with Crippen molar-refractivity contribution in [3.63, 3.8) is 0 Å². The number of esters is 1. The Kier molecular flexibility index (Phi) is 2.69. The van der Waals surface area contributed by atoms with Gasteiger partial charge in [0, 0.05) is 10.4 Å². The molecule has 0 fully saturated rings. The number of carbonyl (C=O) groups is 1. The van der Waals surface area contributed by atoms with Crippen LogP contribution in [0.1, 0.15) is 10.5 Å². The molecule has 16 heavy (non-hydrogen) atoms. The van der Waals surface area contributed by atoms with Crippen LogP contribution in [0.25, 0.3) is 10.9 Å². The first-order valence-corrected chi connectivity index (χ1v) is 5.14. The zero-order chi connectivity index (χ0) is 11.9. The number of hydrogen-bond donors (Lipinski definition) is 2. The number of halogens is 2. The van der Waals surface area contributed by atoms with E-state index < -0.39 is 5.97 Å². The smallest absolute Gasteiger partial charge is 0.356 e. The molecule has 0 atom stereocenters. The minimum Gasteiger partial charge on any atom is -0.464 e. The van der Waals surface area contributed by atoms with Gasteiger partial charge in [-0.1, -0.05) is 23.2 Å². The predicted molar refractivity (Wildman–Crippen MR) is 64.1 cm³/mol. The number of nitrogens with two attached hydrogens (primary N) is 1. The summed E-state index contributed by atoms with van der Waals surface area (Å²) in [5.74, 6) is -0.541. The maximum Gasteiger partial charge on any atom is 0.356 e. The van der Waals surface area contributed by atoms with Gasteiger partial charge in [0.25, 0.3) is 0 Å². The van der Waals surface area contributed by atoms with Crippen LogP contribution in [0, 0.1) is 0 Å². The molecule has 0 aliphatic carbocycles. The number of nitrogens with one attached hydrogen (secondary N) is 1. The van der Waals surface area contributed by atoms with Crippen LogP contribution in [0.4, 0.5) is 5.69 Å². The summed E-state index contributed by atoms with van der Waals surface area (Å²) in [6, 6.07) is 3.21. The van der Waals surface area contributed by atoms with Crippen molar-refractivity contribution in [2.24, 2.45) is 0 Å². The molecule has 0 amide bonds. The Hall–Kier alpha value is -1.39. The monoisotopic (exact) mass is 258 g/mol. The van der Waals surface area contributed by atoms with Gasteiger partial charge < -0.3 is 15.5 Å². The van der Waals surface area contributed by atoms with Crippen molar-refractivity contribution in [1.29, 1.82) is 0 Å². The van der Waals surface area contributed by atoms with E-state index in [2.05, 4.69) is 9.72 Å². The van der Waals surface area contributed by atoms with Crippen molar-refractivity contribution in [2.75, 3.05) is 12.8 Å². The van der Waals surface area contributed by atoms with Crippen LogP contribution in [0.2, 0.25) is 10.0 Å². The van der Waals surface area contributed by atoms with Crippen LogP contribution in [-0.2, 0) is 4.74 Å². The molecule has 2 aromatic rings. The van der Waals surface area contributed by atoms with E-state index in [1.165, 1.54) is 7.11 Å². The third-order valence-corrected chi connectivity index (χ3v) is 2.76. The number of nitrogen functional groups attached to an aromatic ring is 1. The fraction of sp³-hybridized carbons (Fsp3) is 0.100. The second-order valence-electron chi connectivity index (χ2n) is 3.22. The second kappa shape index (κ2) is 3.88. The van der Waals surface area contributed by atoms with E-state index in [0.717, 1.165) is 0 Å². The molecular weight excluding hydrogens is 251 g/mol. The Morgan fingerprint density at radius 1 is 1.44 bits per heavy atom. The van der Waals surface area contributed by atoms with E-state index in [4.69, 9.17) is 28.9 Å². The lowest BCUT2D eigenvalue weighted by molar-refractivity contribution is 0.0596. The fourth-order valence-corrected chi connectivity index (χ4v) is 2.13. The minimum absolute atomic E-state index is 0.182. The molecule has 0 bridgehead atoms. The number of rotatable bonds is 1. The number of fused-ring (bicyclic) bond motifs is 1. The number of hydrogen-bond acceptors (Lipinski definition) is 3. The number of aromatic amines is 1. The molecule has 0 aliphatic rings. The van der Waals surface area contributed by atoms with Gasteiger partial charge in [0.15, 0.2) is 0 Å². The van der Waals surface area contributed by atoms with Crippen molar-refractivity contribution in [1.82, 2.24) is 4.98 Å². The van der Waals surface area contributed by atoms with E-state index in [9.17, 15) is 4.79 Å². The molecule has 1 aromatic carbocycles. The molecule has 1 aromatic heterocycles. The van der Waals surface area contributed by atoms with E-state index in [1.54, 1.807) is 12.1 Å². The average molecular weight is 259 g/mol. The lowest BCUT2D eigenvalue weighted by Crippen LogP contribution is -2.04. The van der Waals surface area contributed by atoms with Gasteiger partial charge in [-0.25, -0.2) is 4.79 Å². The highest BCUT2D eigenvalue weighted by Crippen LogP contribution is 2.34. The summed E-state index contributed by atoms with van der Waals surface area (Å²) in [5, 5.41) is 1.44. The van der Waals surface area contributed by atoms with Gasteiger partial charge in [-0.05, 0) is 12.1 Å². The minimum atomic E-state index is -0.541. The topological polar surface area (TPSA) is 68.1 Å². The predicted octanol–water partition coefficient (Wildman–Crippen LogP) is 2.84. The van der Waals surface area contributed by atoms with Gasteiger partial charge >= 0.3 is 5.97 Å². The molecule has 6 heteroatoms. The first kappa shape index (κ1) is 11.1. The number of anilines is 1. The van der Waals surface area contributed by atoms with Gasteiger partial charge in [-0.3, -0.25) is 0 Å². The summed E-state index contributed by atoms with van der Waals surface area (Å²) in [4.78, 5) is 14.2. The van der Waals surface area contributed by atoms with Crippen LogP contribution in [0.3, 0.4) is 0 Å². The Morgan fingerprint density at radius 3 is 2.75 bits per heavy atom. The second-order valence-corrected chi connectivity index (χ2v) is 4.06. The van der Waals surface area contributed by atoms with Crippen molar-refractivity contribution in [3.05, 3.63) is 27.9 Å². The maximum absolute atomic E-state index is 11.4. The maximum atomic E-state index is 11.4. The van der Waals surface area contributed by atoms with E-state index in [1.807, 2.05) is 0 Å². The zero-order valence-electron chi connectivity index (χ0n) is 8.30. The SMILES string of the molecule is COC(=O)c1[nH]c2cc(Cl)cc(Cl)c2c1N. The summed E-state index contributed by atoms with van der Waals surface area (Å²) in [6.45, 7) is 0. The van der Waals surface area contributed by atoms with Crippen molar-refractivity contribution >= 4 is 45.8 Å². The van der Waals surface area contributed by atoms with Gasteiger partial charge in [-0.15, -0.1) is 0 Å². The Labute approximate surface area is 101 Å². The van der Waals surface area contributed by atoms with Crippen molar-refractivity contribution < 1.29 is 9.53 Å². The molecule has 0 aliphatic heterocycles. The molecule has 2 rings (SSSR count).